The molecule has 0 atom stereocenters. The third-order valence-electron chi connectivity index (χ3n) is 3.17. The zero-order valence-corrected chi connectivity index (χ0v) is 13.0. The van der Waals surface area contributed by atoms with Crippen LogP contribution < -0.4 is 0 Å². The van der Waals surface area contributed by atoms with E-state index in [0.29, 0.717) is 11.8 Å². The number of aromatic nitrogens is 1. The Labute approximate surface area is 126 Å². The highest BCUT2D eigenvalue weighted by molar-refractivity contribution is 14.1. The van der Waals surface area contributed by atoms with Gasteiger partial charge in [0.25, 0.3) is 0 Å². The Morgan fingerprint density at radius 2 is 1.79 bits per heavy atom. The van der Waals surface area contributed by atoms with Crippen LogP contribution in [0.4, 0.5) is 0 Å². The maximum Gasteiger partial charge on any atom is 0.227 e. The predicted octanol–water partition coefficient (Wildman–Crippen LogP) is 5.22. The minimum absolute atomic E-state index is 0.503. The summed E-state index contributed by atoms with van der Waals surface area (Å²) in [6, 6.07) is 14.4. The van der Waals surface area contributed by atoms with E-state index in [1.54, 1.807) is 0 Å². The molecule has 0 N–H and O–H groups in total. The van der Waals surface area contributed by atoms with Gasteiger partial charge in [-0.1, -0.05) is 19.9 Å². The minimum atomic E-state index is 0.503. The van der Waals surface area contributed by atoms with E-state index in [1.807, 2.05) is 18.2 Å². The first-order valence-corrected chi connectivity index (χ1v) is 7.38. The summed E-state index contributed by atoms with van der Waals surface area (Å²) in [6.45, 7) is 4.36. The quantitative estimate of drug-likeness (QED) is 0.584. The number of rotatable bonds is 2. The highest BCUT2D eigenvalue weighted by Crippen LogP contribution is 2.27. The van der Waals surface area contributed by atoms with Crippen molar-refractivity contribution in [3.63, 3.8) is 0 Å². The smallest absolute Gasteiger partial charge is 0.227 e. The molecule has 0 saturated heterocycles. The number of hydrogen-bond donors (Lipinski definition) is 0. The Morgan fingerprint density at radius 3 is 2.47 bits per heavy atom. The molecule has 2 aromatic carbocycles. The largest absolute Gasteiger partial charge is 0.436 e. The molecular formula is C16H14INO. The van der Waals surface area contributed by atoms with E-state index < -0.39 is 0 Å². The average Bonchev–Trinajstić information content (AvgIpc) is 2.82. The predicted molar refractivity (Wildman–Crippen MR) is 86.3 cm³/mol. The van der Waals surface area contributed by atoms with E-state index in [-0.39, 0.29) is 0 Å². The molecule has 2 nitrogen and oxygen atoms in total. The van der Waals surface area contributed by atoms with Gasteiger partial charge in [0.2, 0.25) is 5.89 Å². The third-order valence-corrected chi connectivity index (χ3v) is 3.89. The lowest BCUT2D eigenvalue weighted by Crippen LogP contribution is -1.85. The first-order chi connectivity index (χ1) is 9.13. The lowest BCUT2D eigenvalue weighted by molar-refractivity contribution is 0.619. The summed E-state index contributed by atoms with van der Waals surface area (Å²) in [6.07, 6.45) is 0. The maximum atomic E-state index is 5.82. The fraction of sp³-hybridized carbons (Fsp3) is 0.188. The molecule has 0 saturated carbocycles. The fourth-order valence-electron chi connectivity index (χ4n) is 2.02. The van der Waals surface area contributed by atoms with Crippen LogP contribution in [0.3, 0.4) is 0 Å². The van der Waals surface area contributed by atoms with Crippen molar-refractivity contribution in [2.45, 2.75) is 19.8 Å². The van der Waals surface area contributed by atoms with Crippen molar-refractivity contribution in [2.75, 3.05) is 0 Å². The first-order valence-electron chi connectivity index (χ1n) is 6.30. The summed E-state index contributed by atoms with van der Waals surface area (Å²) >= 11 is 2.29. The molecule has 3 rings (SSSR count). The summed E-state index contributed by atoms with van der Waals surface area (Å²) < 4.78 is 7.02. The van der Waals surface area contributed by atoms with E-state index in [4.69, 9.17) is 4.42 Å². The van der Waals surface area contributed by atoms with Gasteiger partial charge in [-0.3, -0.25) is 0 Å². The highest BCUT2D eigenvalue weighted by atomic mass is 127. The van der Waals surface area contributed by atoms with Crippen molar-refractivity contribution in [1.82, 2.24) is 4.98 Å². The summed E-state index contributed by atoms with van der Waals surface area (Å²) in [5.74, 6) is 1.19. The van der Waals surface area contributed by atoms with Crippen LogP contribution in [0.1, 0.15) is 25.3 Å². The van der Waals surface area contributed by atoms with Crippen molar-refractivity contribution in [1.29, 1.82) is 0 Å². The van der Waals surface area contributed by atoms with Gasteiger partial charge in [0.1, 0.15) is 5.52 Å². The molecule has 1 aromatic heterocycles. The minimum Gasteiger partial charge on any atom is -0.436 e. The lowest BCUT2D eigenvalue weighted by atomic mass is 10.0. The van der Waals surface area contributed by atoms with Crippen molar-refractivity contribution >= 4 is 33.7 Å². The average molecular weight is 363 g/mol. The van der Waals surface area contributed by atoms with Gasteiger partial charge < -0.3 is 4.42 Å². The number of oxazole rings is 1. The number of fused-ring (bicyclic) bond motifs is 1. The highest BCUT2D eigenvalue weighted by Gasteiger charge is 2.09. The second-order valence-electron chi connectivity index (χ2n) is 4.91. The van der Waals surface area contributed by atoms with Gasteiger partial charge in [-0.05, 0) is 70.5 Å². The zero-order valence-electron chi connectivity index (χ0n) is 10.9. The summed E-state index contributed by atoms with van der Waals surface area (Å²) in [4.78, 5) is 4.59. The maximum absolute atomic E-state index is 5.82. The third kappa shape index (κ3) is 2.52. The van der Waals surface area contributed by atoms with Crippen molar-refractivity contribution in [2.24, 2.45) is 0 Å². The molecule has 0 fully saturated rings. The number of nitrogens with zero attached hydrogens (tertiary/aromatic N) is 1. The Kier molecular flexibility index (Phi) is 3.31. The molecule has 0 aliphatic heterocycles. The summed E-state index contributed by atoms with van der Waals surface area (Å²) in [7, 11) is 0. The van der Waals surface area contributed by atoms with E-state index in [0.717, 1.165) is 16.7 Å². The van der Waals surface area contributed by atoms with Gasteiger partial charge in [-0.25, -0.2) is 4.98 Å². The van der Waals surface area contributed by atoms with Gasteiger partial charge in [-0.2, -0.15) is 0 Å². The van der Waals surface area contributed by atoms with Crippen molar-refractivity contribution < 1.29 is 4.42 Å². The van der Waals surface area contributed by atoms with Crippen LogP contribution in [-0.4, -0.2) is 4.98 Å². The van der Waals surface area contributed by atoms with Gasteiger partial charge in [-0.15, -0.1) is 0 Å². The van der Waals surface area contributed by atoms with E-state index in [1.165, 1.54) is 9.13 Å². The normalized spacial score (nSPS) is 11.4. The SMILES string of the molecule is CC(C)c1ccc2oc(-c3ccc(I)cc3)nc2c1. The molecule has 96 valence electrons. The molecule has 3 heteroatoms. The molecule has 0 unspecified atom stereocenters. The van der Waals surface area contributed by atoms with Gasteiger partial charge in [0.05, 0.1) is 0 Å². The molecule has 19 heavy (non-hydrogen) atoms. The first kappa shape index (κ1) is 12.7. The van der Waals surface area contributed by atoms with Crippen LogP contribution in [0.5, 0.6) is 0 Å². The molecule has 0 radical (unpaired) electrons. The second kappa shape index (κ2) is 4.96. The van der Waals surface area contributed by atoms with Gasteiger partial charge in [0.15, 0.2) is 5.58 Å². The van der Waals surface area contributed by atoms with Crippen LogP contribution in [0.2, 0.25) is 0 Å². The zero-order chi connectivity index (χ0) is 13.4. The van der Waals surface area contributed by atoms with Crippen molar-refractivity contribution in [3.05, 3.63) is 51.6 Å². The Morgan fingerprint density at radius 1 is 1.05 bits per heavy atom. The number of benzene rings is 2. The molecule has 0 amide bonds. The van der Waals surface area contributed by atoms with Crippen LogP contribution in [0, 0.1) is 3.57 Å². The van der Waals surface area contributed by atoms with Crippen molar-refractivity contribution in [3.8, 4) is 11.5 Å². The van der Waals surface area contributed by atoms with Gasteiger partial charge in [0, 0.05) is 9.13 Å². The molecule has 1 heterocycles. The lowest BCUT2D eigenvalue weighted by Gasteiger charge is -2.02. The van der Waals surface area contributed by atoms with E-state index in [9.17, 15) is 0 Å². The molecule has 0 bridgehead atoms. The van der Waals surface area contributed by atoms with Crippen LogP contribution in [0.15, 0.2) is 46.9 Å². The number of hydrogen-bond acceptors (Lipinski definition) is 2. The van der Waals surface area contributed by atoms with Crippen LogP contribution in [0.25, 0.3) is 22.6 Å². The Hall–Kier alpha value is -1.36. The molecular weight excluding hydrogens is 349 g/mol. The molecule has 0 aliphatic carbocycles. The van der Waals surface area contributed by atoms with Gasteiger partial charge >= 0.3 is 0 Å². The standard InChI is InChI=1S/C16H14INO/c1-10(2)12-5-8-15-14(9-12)18-16(19-15)11-3-6-13(17)7-4-11/h3-10H,1-2H3. The summed E-state index contributed by atoms with van der Waals surface area (Å²) in [5, 5.41) is 0. The fourth-order valence-corrected chi connectivity index (χ4v) is 2.38. The monoisotopic (exact) mass is 363 g/mol. The molecule has 0 aliphatic rings. The molecule has 0 spiro atoms. The van der Waals surface area contributed by atoms with E-state index in [2.05, 4.69) is 65.7 Å². The van der Waals surface area contributed by atoms with Crippen LogP contribution >= 0.6 is 22.6 Å². The Bertz CT molecular complexity index is 713. The van der Waals surface area contributed by atoms with E-state index >= 15 is 0 Å². The molecule has 3 aromatic rings. The number of halogens is 1. The van der Waals surface area contributed by atoms with Crippen LogP contribution in [-0.2, 0) is 0 Å². The Balaban J connectivity index is 2.08. The second-order valence-corrected chi connectivity index (χ2v) is 6.15. The topological polar surface area (TPSA) is 26.0 Å². The summed E-state index contributed by atoms with van der Waals surface area (Å²) in [5.41, 5.74) is 4.08.